The summed E-state index contributed by atoms with van der Waals surface area (Å²) in [6, 6.07) is 28.7. The lowest BCUT2D eigenvalue weighted by molar-refractivity contribution is -0.671. The van der Waals surface area contributed by atoms with Crippen LogP contribution in [0.25, 0.3) is 50.1 Å². The molecule has 1 aliphatic heterocycles. The van der Waals surface area contributed by atoms with Gasteiger partial charge in [-0.25, -0.2) is 4.57 Å². The minimum absolute atomic E-state index is 0.558. The average Bonchev–Trinajstić information content (AvgIpc) is 3.58. The van der Waals surface area contributed by atoms with Crippen molar-refractivity contribution in [3.05, 3.63) is 108 Å². The molecule has 0 bridgehead atoms. The van der Waals surface area contributed by atoms with Crippen molar-refractivity contribution < 1.29 is 8.98 Å². The highest BCUT2D eigenvalue weighted by Crippen LogP contribution is 2.39. The Kier molecular flexibility index (Phi) is 5.70. The van der Waals surface area contributed by atoms with E-state index < -0.39 is 0 Å². The van der Waals surface area contributed by atoms with E-state index in [4.69, 9.17) is 4.42 Å². The smallest absolute Gasteiger partial charge is 0.294 e. The molecule has 0 N–H and O–H groups in total. The second-order valence-electron chi connectivity index (χ2n) is 11.9. The summed E-state index contributed by atoms with van der Waals surface area (Å²) in [6.45, 7) is 10.2. The average molecular weight is 512 g/mol. The number of rotatable bonds is 6. The Morgan fingerprint density at radius 2 is 1.44 bits per heavy atom. The lowest BCUT2D eigenvalue weighted by Gasteiger charge is -2.18. The lowest BCUT2D eigenvalue weighted by Crippen LogP contribution is -2.30. The second kappa shape index (κ2) is 9.27. The number of benzene rings is 4. The Labute approximate surface area is 230 Å². The quantitative estimate of drug-likeness (QED) is 0.205. The van der Waals surface area contributed by atoms with Crippen molar-refractivity contribution in [1.82, 2.24) is 4.57 Å². The molecule has 0 fully saturated rings. The largest absolute Gasteiger partial charge is 0.456 e. The van der Waals surface area contributed by atoms with Crippen LogP contribution in [0.2, 0.25) is 0 Å². The number of hydrogen-bond donors (Lipinski definition) is 0. The van der Waals surface area contributed by atoms with Crippen molar-refractivity contribution in [1.29, 1.82) is 0 Å². The number of aromatic nitrogens is 2. The summed E-state index contributed by atoms with van der Waals surface area (Å²) in [6.07, 6.45) is 6.60. The van der Waals surface area contributed by atoms with Gasteiger partial charge < -0.3 is 4.42 Å². The molecule has 7 rings (SSSR count). The minimum Gasteiger partial charge on any atom is -0.456 e. The molecule has 4 aromatic carbocycles. The van der Waals surface area contributed by atoms with E-state index in [1.807, 2.05) is 6.07 Å². The molecule has 0 unspecified atom stereocenters. The third-order valence-electron chi connectivity index (χ3n) is 7.95. The van der Waals surface area contributed by atoms with Gasteiger partial charge in [-0.3, -0.25) is 0 Å². The maximum absolute atomic E-state index is 6.23. The highest BCUT2D eigenvalue weighted by Gasteiger charge is 2.33. The van der Waals surface area contributed by atoms with Crippen molar-refractivity contribution in [2.75, 3.05) is 0 Å². The Hall–Kier alpha value is -4.11. The fourth-order valence-electron chi connectivity index (χ4n) is 6.41. The molecule has 3 heterocycles. The summed E-state index contributed by atoms with van der Waals surface area (Å²) < 4.78 is 11.1. The summed E-state index contributed by atoms with van der Waals surface area (Å²) in [5.41, 5.74) is 11.3. The molecule has 6 aromatic rings. The molecule has 0 saturated heterocycles. The molecule has 3 heteroatoms. The van der Waals surface area contributed by atoms with Crippen LogP contribution in [-0.4, -0.2) is 4.57 Å². The predicted octanol–water partition coefficient (Wildman–Crippen LogP) is 8.76. The van der Waals surface area contributed by atoms with Crippen LogP contribution >= 0.6 is 0 Å². The van der Waals surface area contributed by atoms with Crippen molar-refractivity contribution >= 4 is 21.9 Å². The molecule has 0 aliphatic carbocycles. The Morgan fingerprint density at radius 1 is 0.744 bits per heavy atom. The summed E-state index contributed by atoms with van der Waals surface area (Å²) in [5.74, 6) is 2.38. The molecule has 3 nitrogen and oxygen atoms in total. The van der Waals surface area contributed by atoms with E-state index in [2.05, 4.69) is 122 Å². The van der Waals surface area contributed by atoms with E-state index in [9.17, 15) is 0 Å². The van der Waals surface area contributed by atoms with Crippen LogP contribution in [0.5, 0.6) is 0 Å². The van der Waals surface area contributed by atoms with Gasteiger partial charge in [-0.2, -0.15) is 4.57 Å². The topological polar surface area (TPSA) is 21.9 Å². The van der Waals surface area contributed by atoms with E-state index in [0.717, 1.165) is 30.6 Å². The molecule has 0 spiro atoms. The van der Waals surface area contributed by atoms with Gasteiger partial charge in [0.2, 0.25) is 0 Å². The van der Waals surface area contributed by atoms with E-state index in [1.165, 1.54) is 55.7 Å². The van der Waals surface area contributed by atoms with Gasteiger partial charge in [0, 0.05) is 27.5 Å². The van der Waals surface area contributed by atoms with Crippen LogP contribution in [0, 0.1) is 11.8 Å². The number of nitrogens with zero attached hydrogens (tertiary/aromatic N) is 2. The zero-order chi connectivity index (χ0) is 26.7. The highest BCUT2D eigenvalue weighted by molar-refractivity contribution is 6.06. The fraction of sp³-hybridized carbons (Fsp3) is 0.250. The molecule has 0 saturated carbocycles. The summed E-state index contributed by atoms with van der Waals surface area (Å²) in [7, 11) is 0. The third-order valence-corrected chi connectivity index (χ3v) is 7.95. The van der Waals surface area contributed by atoms with Gasteiger partial charge in [-0.05, 0) is 66.1 Å². The maximum atomic E-state index is 6.23. The molecular formula is C36H35N2O+. The standard InChI is InChI=1S/C36H35N2O/c1-23(2)16-27-18-26(25-10-6-5-7-11-25)19-28(17-24(3)4)35(27)38-15-14-37-22-29-20-34-32(21-31(29)36(37)38)30-12-8-9-13-33(30)39-34/h5-15,18-21,23-24H,16-17,22H2,1-4H3/q+1. The first-order valence-corrected chi connectivity index (χ1v) is 14.2. The maximum Gasteiger partial charge on any atom is 0.294 e. The monoisotopic (exact) mass is 511 g/mol. The molecule has 1 aliphatic rings. The van der Waals surface area contributed by atoms with Crippen molar-refractivity contribution in [3.63, 3.8) is 0 Å². The highest BCUT2D eigenvalue weighted by atomic mass is 16.3. The van der Waals surface area contributed by atoms with E-state index >= 15 is 0 Å². The van der Waals surface area contributed by atoms with Gasteiger partial charge in [0.05, 0.1) is 5.56 Å². The zero-order valence-corrected chi connectivity index (χ0v) is 23.2. The van der Waals surface area contributed by atoms with E-state index in [1.54, 1.807) is 0 Å². The zero-order valence-electron chi connectivity index (χ0n) is 23.2. The summed E-state index contributed by atoms with van der Waals surface area (Å²) in [5, 5.41) is 2.37. The van der Waals surface area contributed by atoms with Crippen LogP contribution < -0.4 is 4.57 Å². The van der Waals surface area contributed by atoms with Gasteiger partial charge >= 0.3 is 0 Å². The number of hydrogen-bond acceptors (Lipinski definition) is 1. The minimum atomic E-state index is 0.558. The first-order chi connectivity index (χ1) is 19.0. The lowest BCUT2D eigenvalue weighted by atomic mass is 9.90. The van der Waals surface area contributed by atoms with Gasteiger partial charge in [0.15, 0.2) is 0 Å². The normalized spacial score (nSPS) is 12.7. The van der Waals surface area contributed by atoms with Crippen LogP contribution in [0.4, 0.5) is 0 Å². The molecule has 2 aromatic heterocycles. The van der Waals surface area contributed by atoms with E-state index in [-0.39, 0.29) is 0 Å². The third kappa shape index (κ3) is 4.08. The Morgan fingerprint density at radius 3 is 2.15 bits per heavy atom. The fourth-order valence-corrected chi connectivity index (χ4v) is 6.41. The number of para-hydroxylation sites is 1. The van der Waals surface area contributed by atoms with Gasteiger partial charge in [-0.1, -0.05) is 76.2 Å². The first-order valence-electron chi connectivity index (χ1n) is 14.2. The Balaban J connectivity index is 1.47. The molecular weight excluding hydrogens is 476 g/mol. The summed E-state index contributed by atoms with van der Waals surface area (Å²) in [4.78, 5) is 0. The van der Waals surface area contributed by atoms with Crippen molar-refractivity contribution in [2.24, 2.45) is 11.8 Å². The van der Waals surface area contributed by atoms with Crippen LogP contribution in [0.1, 0.15) is 44.4 Å². The molecule has 0 radical (unpaired) electrons. The SMILES string of the molecule is CC(C)Cc1cc(-c2ccccc2)cc(CC(C)C)c1-n1cc[n+]2c1-c1cc3c(cc1C2)oc1ccccc13. The molecule has 194 valence electrons. The Bertz CT molecular complexity index is 1800. The molecule has 39 heavy (non-hydrogen) atoms. The number of furan rings is 1. The van der Waals surface area contributed by atoms with Gasteiger partial charge in [-0.15, -0.1) is 0 Å². The van der Waals surface area contributed by atoms with Crippen molar-refractivity contribution in [2.45, 2.75) is 47.1 Å². The van der Waals surface area contributed by atoms with Crippen LogP contribution in [-0.2, 0) is 19.4 Å². The van der Waals surface area contributed by atoms with Crippen LogP contribution in [0.3, 0.4) is 0 Å². The second-order valence-corrected chi connectivity index (χ2v) is 11.9. The first kappa shape index (κ1) is 24.0. The van der Waals surface area contributed by atoms with Gasteiger partial charge in [0.1, 0.15) is 35.8 Å². The number of fused-ring (bicyclic) bond motifs is 6. The predicted molar refractivity (Wildman–Crippen MR) is 160 cm³/mol. The van der Waals surface area contributed by atoms with Gasteiger partial charge in [0.25, 0.3) is 5.82 Å². The molecule has 0 amide bonds. The van der Waals surface area contributed by atoms with E-state index in [0.29, 0.717) is 11.8 Å². The number of imidazole rings is 1. The molecule has 0 atom stereocenters. The van der Waals surface area contributed by atoms with Crippen molar-refractivity contribution in [3.8, 4) is 28.2 Å². The van der Waals surface area contributed by atoms with Crippen LogP contribution in [0.15, 0.2) is 95.7 Å². The summed E-state index contributed by atoms with van der Waals surface area (Å²) >= 11 is 0.